The lowest BCUT2D eigenvalue weighted by atomic mass is 9.95. The fraction of sp³-hybridized carbons (Fsp3) is 0.357. The summed E-state index contributed by atoms with van der Waals surface area (Å²) in [5.74, 6) is -0.688. The summed E-state index contributed by atoms with van der Waals surface area (Å²) in [5, 5.41) is 13.2. The minimum absolute atomic E-state index is 0.186. The summed E-state index contributed by atoms with van der Waals surface area (Å²) in [6, 6.07) is 5.72. The highest BCUT2D eigenvalue weighted by Crippen LogP contribution is 2.27. The van der Waals surface area contributed by atoms with Crippen LogP contribution in [0.5, 0.6) is 0 Å². The van der Waals surface area contributed by atoms with Crippen LogP contribution in [0, 0.1) is 6.92 Å². The fourth-order valence-electron chi connectivity index (χ4n) is 1.88. The Bertz CT molecular complexity index is 672. The number of rotatable bonds is 2. The van der Waals surface area contributed by atoms with Crippen molar-refractivity contribution in [3.8, 4) is 5.69 Å². The van der Waals surface area contributed by atoms with Crippen LogP contribution in [0.15, 0.2) is 22.7 Å². The van der Waals surface area contributed by atoms with Gasteiger partial charge in [0, 0.05) is 9.89 Å². The highest BCUT2D eigenvalue weighted by Gasteiger charge is 2.26. The van der Waals surface area contributed by atoms with Gasteiger partial charge in [0.05, 0.1) is 5.69 Å². The second-order valence-electron chi connectivity index (χ2n) is 5.61. The Morgan fingerprint density at radius 1 is 1.35 bits per heavy atom. The van der Waals surface area contributed by atoms with Crippen LogP contribution < -0.4 is 0 Å². The Kier molecular flexibility index (Phi) is 3.69. The van der Waals surface area contributed by atoms with Crippen LogP contribution in [0.25, 0.3) is 5.69 Å². The van der Waals surface area contributed by atoms with E-state index in [1.54, 1.807) is 4.68 Å². The van der Waals surface area contributed by atoms with Gasteiger partial charge in [0.2, 0.25) is 0 Å². The molecule has 0 atom stereocenters. The molecule has 0 radical (unpaired) electrons. The lowest BCUT2D eigenvalue weighted by Gasteiger charge is -2.19. The molecule has 1 aromatic carbocycles. The Hall–Kier alpha value is -1.69. The van der Waals surface area contributed by atoms with E-state index in [4.69, 9.17) is 5.11 Å². The number of aromatic nitrogens is 3. The maximum Gasteiger partial charge on any atom is 0.375 e. The van der Waals surface area contributed by atoms with Gasteiger partial charge in [0.1, 0.15) is 5.82 Å². The van der Waals surface area contributed by atoms with E-state index in [0.717, 1.165) is 15.7 Å². The van der Waals surface area contributed by atoms with Gasteiger partial charge >= 0.3 is 5.97 Å². The van der Waals surface area contributed by atoms with E-state index in [1.165, 1.54) is 0 Å². The van der Waals surface area contributed by atoms with E-state index in [0.29, 0.717) is 5.82 Å². The summed E-state index contributed by atoms with van der Waals surface area (Å²) in [4.78, 5) is 15.3. The minimum atomic E-state index is -1.12. The third kappa shape index (κ3) is 2.60. The average molecular weight is 338 g/mol. The van der Waals surface area contributed by atoms with Crippen molar-refractivity contribution in [2.75, 3.05) is 0 Å². The molecule has 0 fully saturated rings. The predicted molar refractivity (Wildman–Crippen MR) is 79.5 cm³/mol. The number of carboxylic acids is 1. The number of halogens is 1. The Balaban J connectivity index is 2.72. The van der Waals surface area contributed by atoms with Crippen molar-refractivity contribution in [2.45, 2.75) is 33.1 Å². The molecule has 106 valence electrons. The third-order valence-corrected chi connectivity index (χ3v) is 3.80. The average Bonchev–Trinajstić information content (AvgIpc) is 2.77. The van der Waals surface area contributed by atoms with E-state index in [2.05, 4.69) is 26.0 Å². The van der Waals surface area contributed by atoms with Gasteiger partial charge in [-0.25, -0.2) is 14.5 Å². The summed E-state index contributed by atoms with van der Waals surface area (Å²) in [7, 11) is 0. The quantitative estimate of drug-likeness (QED) is 0.912. The topological polar surface area (TPSA) is 68.0 Å². The molecule has 0 aliphatic rings. The zero-order chi connectivity index (χ0) is 15.1. The minimum Gasteiger partial charge on any atom is -0.475 e. The summed E-state index contributed by atoms with van der Waals surface area (Å²) in [6.45, 7) is 7.89. The third-order valence-electron chi connectivity index (χ3n) is 2.94. The van der Waals surface area contributed by atoms with Crippen molar-refractivity contribution >= 4 is 21.9 Å². The number of carboxylic acid groups (broad SMARTS) is 1. The Labute approximate surface area is 125 Å². The molecule has 0 bridgehead atoms. The lowest BCUT2D eigenvalue weighted by molar-refractivity contribution is 0.0683. The van der Waals surface area contributed by atoms with Crippen LogP contribution in [0.2, 0.25) is 0 Å². The largest absolute Gasteiger partial charge is 0.475 e. The number of carbonyl (C=O) groups is 1. The molecule has 0 spiro atoms. The Morgan fingerprint density at radius 2 is 2.00 bits per heavy atom. The summed E-state index contributed by atoms with van der Waals surface area (Å²) in [6.07, 6.45) is 0. The van der Waals surface area contributed by atoms with Crippen molar-refractivity contribution in [1.82, 2.24) is 14.8 Å². The lowest BCUT2D eigenvalue weighted by Crippen LogP contribution is -2.19. The van der Waals surface area contributed by atoms with Gasteiger partial charge in [-0.3, -0.25) is 0 Å². The van der Waals surface area contributed by atoms with Crippen molar-refractivity contribution in [2.24, 2.45) is 0 Å². The molecule has 0 aliphatic carbocycles. The second-order valence-corrected chi connectivity index (χ2v) is 6.46. The van der Waals surface area contributed by atoms with Gasteiger partial charge in [-0.15, -0.1) is 5.10 Å². The van der Waals surface area contributed by atoms with Gasteiger partial charge < -0.3 is 5.11 Å². The standard InChI is InChI=1S/C14H16BrN3O2/c1-8-9(15)6-5-7-10(8)18-13(14(2,3)4)16-11(17-18)12(19)20/h5-7H,1-4H3,(H,19,20). The summed E-state index contributed by atoms with van der Waals surface area (Å²) >= 11 is 3.48. The molecular formula is C14H16BrN3O2. The van der Waals surface area contributed by atoms with E-state index in [1.807, 2.05) is 45.9 Å². The fourth-order valence-corrected chi connectivity index (χ4v) is 2.24. The molecule has 20 heavy (non-hydrogen) atoms. The molecule has 2 rings (SSSR count). The van der Waals surface area contributed by atoms with Crippen LogP contribution in [0.3, 0.4) is 0 Å². The molecule has 0 unspecified atom stereocenters. The molecule has 1 heterocycles. The maximum absolute atomic E-state index is 11.1. The van der Waals surface area contributed by atoms with E-state index < -0.39 is 5.97 Å². The van der Waals surface area contributed by atoms with Gasteiger partial charge in [0.25, 0.3) is 5.82 Å². The van der Waals surface area contributed by atoms with Crippen molar-refractivity contribution in [1.29, 1.82) is 0 Å². The van der Waals surface area contributed by atoms with E-state index >= 15 is 0 Å². The first-order valence-corrected chi connectivity index (χ1v) is 6.97. The molecular weight excluding hydrogens is 322 g/mol. The first kappa shape index (κ1) is 14.7. The maximum atomic E-state index is 11.1. The van der Waals surface area contributed by atoms with Gasteiger partial charge in [-0.1, -0.05) is 42.8 Å². The smallest absolute Gasteiger partial charge is 0.375 e. The zero-order valence-electron chi connectivity index (χ0n) is 11.8. The number of hydrogen-bond donors (Lipinski definition) is 1. The van der Waals surface area contributed by atoms with Crippen LogP contribution >= 0.6 is 15.9 Å². The highest BCUT2D eigenvalue weighted by molar-refractivity contribution is 9.10. The normalized spacial score (nSPS) is 11.7. The van der Waals surface area contributed by atoms with Gasteiger partial charge in [-0.05, 0) is 24.6 Å². The van der Waals surface area contributed by atoms with Crippen molar-refractivity contribution in [3.63, 3.8) is 0 Å². The molecule has 6 heteroatoms. The SMILES string of the molecule is Cc1c(Br)cccc1-n1nc(C(=O)O)nc1C(C)(C)C. The molecule has 0 saturated carbocycles. The van der Waals surface area contributed by atoms with Crippen molar-refractivity contribution < 1.29 is 9.90 Å². The highest BCUT2D eigenvalue weighted by atomic mass is 79.9. The molecule has 1 aromatic heterocycles. The first-order valence-electron chi connectivity index (χ1n) is 6.18. The second kappa shape index (κ2) is 5.01. The summed E-state index contributed by atoms with van der Waals surface area (Å²) < 4.78 is 2.56. The first-order chi connectivity index (χ1) is 9.21. The molecule has 2 aromatic rings. The number of nitrogens with zero attached hydrogens (tertiary/aromatic N) is 3. The predicted octanol–water partition coefficient (Wildman–Crippen LogP) is 3.33. The van der Waals surface area contributed by atoms with Crippen LogP contribution in [0.1, 0.15) is 42.8 Å². The number of hydrogen-bond acceptors (Lipinski definition) is 3. The number of aromatic carboxylic acids is 1. The molecule has 1 N–H and O–H groups in total. The molecule has 0 amide bonds. The monoisotopic (exact) mass is 337 g/mol. The van der Waals surface area contributed by atoms with Gasteiger partial charge in [-0.2, -0.15) is 0 Å². The van der Waals surface area contributed by atoms with E-state index in [9.17, 15) is 4.79 Å². The van der Waals surface area contributed by atoms with Gasteiger partial charge in [0.15, 0.2) is 0 Å². The van der Waals surface area contributed by atoms with Crippen LogP contribution in [-0.2, 0) is 5.41 Å². The zero-order valence-corrected chi connectivity index (χ0v) is 13.4. The molecule has 0 saturated heterocycles. The van der Waals surface area contributed by atoms with Crippen molar-refractivity contribution in [3.05, 3.63) is 39.9 Å². The Morgan fingerprint density at radius 3 is 2.55 bits per heavy atom. The summed E-state index contributed by atoms with van der Waals surface area (Å²) in [5.41, 5.74) is 1.50. The van der Waals surface area contributed by atoms with E-state index in [-0.39, 0.29) is 11.2 Å². The molecule has 5 nitrogen and oxygen atoms in total. The van der Waals surface area contributed by atoms with Crippen LogP contribution in [0.4, 0.5) is 0 Å². The van der Waals surface area contributed by atoms with Crippen LogP contribution in [-0.4, -0.2) is 25.8 Å². The molecule has 0 aliphatic heterocycles. The number of benzene rings is 1.